The van der Waals surface area contributed by atoms with Gasteiger partial charge in [0, 0.05) is 0 Å². The number of imide groups is 1. The molecule has 3 rings (SSSR count). The molecular weight excluding hydrogens is 262 g/mol. The molecule has 90 valence electrons. The van der Waals surface area contributed by atoms with Crippen LogP contribution in [-0.2, 0) is 16.1 Å². The molecule has 1 aromatic rings. The molecule has 2 atom stereocenters. The largest absolute Gasteiger partial charge is 0.275 e. The van der Waals surface area contributed by atoms with Gasteiger partial charge >= 0.3 is 0 Å². The molecule has 2 amide bonds. The summed E-state index contributed by atoms with van der Waals surface area (Å²) in [6.45, 7) is 0.217. The Morgan fingerprint density at radius 3 is 2.41 bits per heavy atom. The van der Waals surface area contributed by atoms with Crippen LogP contribution in [0.5, 0.6) is 0 Å². The quantitative estimate of drug-likeness (QED) is 0.765. The number of hydrogen-bond donors (Lipinski definition) is 0. The first kappa shape index (κ1) is 11.1. The average molecular weight is 272 g/mol. The van der Waals surface area contributed by atoms with Gasteiger partial charge in [-0.2, -0.15) is 0 Å². The minimum absolute atomic E-state index is 0.0520. The van der Waals surface area contributed by atoms with E-state index >= 15 is 0 Å². The van der Waals surface area contributed by atoms with E-state index in [1.165, 1.54) is 16.2 Å². The third-order valence-corrected chi connectivity index (χ3v) is 4.42. The Kier molecular flexibility index (Phi) is 2.63. The number of nitrogens with zero attached hydrogens (tertiary/aromatic N) is 3. The van der Waals surface area contributed by atoms with Crippen LogP contribution in [0.15, 0.2) is 0 Å². The van der Waals surface area contributed by atoms with Gasteiger partial charge in [0.2, 0.25) is 16.3 Å². The van der Waals surface area contributed by atoms with Crippen molar-refractivity contribution in [3.63, 3.8) is 0 Å². The van der Waals surface area contributed by atoms with E-state index < -0.39 is 0 Å². The maximum absolute atomic E-state index is 12.0. The van der Waals surface area contributed by atoms with Crippen LogP contribution in [0.3, 0.4) is 0 Å². The summed E-state index contributed by atoms with van der Waals surface area (Å²) < 4.78 is 0.333. The molecule has 2 aliphatic rings. The SMILES string of the molecule is O=C1C2CCCC2C(=O)N1Cc1nnc(Cl)s1. The topological polar surface area (TPSA) is 63.2 Å². The lowest BCUT2D eigenvalue weighted by Crippen LogP contribution is -2.31. The van der Waals surface area contributed by atoms with Gasteiger partial charge in [-0.3, -0.25) is 14.5 Å². The van der Waals surface area contributed by atoms with Crippen molar-refractivity contribution in [2.45, 2.75) is 25.8 Å². The van der Waals surface area contributed by atoms with Crippen LogP contribution in [0.4, 0.5) is 0 Å². The summed E-state index contributed by atoms with van der Waals surface area (Å²) in [7, 11) is 0. The van der Waals surface area contributed by atoms with Crippen molar-refractivity contribution in [1.82, 2.24) is 15.1 Å². The van der Waals surface area contributed by atoms with Crippen molar-refractivity contribution in [1.29, 1.82) is 0 Å². The van der Waals surface area contributed by atoms with E-state index in [0.29, 0.717) is 9.47 Å². The molecule has 2 fully saturated rings. The van der Waals surface area contributed by atoms with Gasteiger partial charge in [-0.1, -0.05) is 17.8 Å². The van der Waals surface area contributed by atoms with Gasteiger partial charge in [0.25, 0.3) is 0 Å². The average Bonchev–Trinajstić information content (AvgIpc) is 2.96. The number of hydrogen-bond acceptors (Lipinski definition) is 5. The van der Waals surface area contributed by atoms with Gasteiger partial charge in [0.1, 0.15) is 5.01 Å². The zero-order valence-corrected chi connectivity index (χ0v) is 10.5. The minimum atomic E-state index is -0.0918. The second-order valence-corrected chi connectivity index (χ2v) is 6.00. The van der Waals surface area contributed by atoms with Crippen molar-refractivity contribution in [3.05, 3.63) is 9.47 Å². The number of amides is 2. The summed E-state index contributed by atoms with van der Waals surface area (Å²) >= 11 is 6.87. The van der Waals surface area contributed by atoms with Crippen LogP contribution in [0.25, 0.3) is 0 Å². The number of halogens is 1. The van der Waals surface area contributed by atoms with Gasteiger partial charge in [-0.05, 0) is 24.4 Å². The van der Waals surface area contributed by atoms with Gasteiger partial charge in [-0.15, -0.1) is 10.2 Å². The first-order valence-electron chi connectivity index (χ1n) is 5.50. The van der Waals surface area contributed by atoms with Crippen molar-refractivity contribution >= 4 is 34.8 Å². The highest BCUT2D eigenvalue weighted by molar-refractivity contribution is 7.15. The maximum Gasteiger partial charge on any atom is 0.233 e. The monoisotopic (exact) mass is 271 g/mol. The standard InChI is InChI=1S/C10H10ClN3O2S/c11-10-13-12-7(17-10)4-14-8(15)5-2-1-3-6(5)9(14)16/h5-6H,1-4H2. The fourth-order valence-corrected chi connectivity index (χ4v) is 3.50. The van der Waals surface area contributed by atoms with Crippen LogP contribution in [0, 0.1) is 11.8 Å². The maximum atomic E-state index is 12.0. The van der Waals surface area contributed by atoms with Crippen molar-refractivity contribution in [2.75, 3.05) is 0 Å². The molecule has 7 heteroatoms. The highest BCUT2D eigenvalue weighted by Gasteiger charge is 2.49. The summed E-state index contributed by atoms with van der Waals surface area (Å²) in [5.74, 6) is -0.288. The summed E-state index contributed by atoms with van der Waals surface area (Å²) in [6, 6.07) is 0. The Hall–Kier alpha value is -1.01. The molecule has 0 bridgehead atoms. The lowest BCUT2D eigenvalue weighted by atomic mass is 10.00. The Balaban J connectivity index is 1.80. The second kappa shape index (κ2) is 4.03. The first-order valence-corrected chi connectivity index (χ1v) is 6.69. The van der Waals surface area contributed by atoms with Crippen LogP contribution < -0.4 is 0 Å². The zero-order chi connectivity index (χ0) is 12.0. The summed E-state index contributed by atoms with van der Waals surface area (Å²) in [6.07, 6.45) is 2.65. The number of likely N-dealkylation sites (tertiary alicyclic amines) is 1. The molecule has 0 aromatic carbocycles. The van der Waals surface area contributed by atoms with E-state index in [-0.39, 0.29) is 30.2 Å². The molecule has 2 heterocycles. The smallest absolute Gasteiger partial charge is 0.233 e. The van der Waals surface area contributed by atoms with Crippen LogP contribution in [-0.4, -0.2) is 26.9 Å². The van der Waals surface area contributed by atoms with Crippen molar-refractivity contribution in [3.8, 4) is 0 Å². The van der Waals surface area contributed by atoms with Gasteiger partial charge in [-0.25, -0.2) is 0 Å². The molecule has 0 spiro atoms. The highest BCUT2D eigenvalue weighted by Crippen LogP contribution is 2.40. The lowest BCUT2D eigenvalue weighted by molar-refractivity contribution is -0.141. The third kappa shape index (κ3) is 1.75. The van der Waals surface area contributed by atoms with E-state index in [2.05, 4.69) is 10.2 Å². The number of carbonyl (C=O) groups is 2. The molecule has 1 aliphatic carbocycles. The third-order valence-electron chi connectivity index (χ3n) is 3.42. The molecule has 17 heavy (non-hydrogen) atoms. The molecule has 1 saturated carbocycles. The Labute approximate surface area is 107 Å². The van der Waals surface area contributed by atoms with E-state index in [4.69, 9.17) is 11.6 Å². The molecule has 2 unspecified atom stereocenters. The van der Waals surface area contributed by atoms with E-state index in [9.17, 15) is 9.59 Å². The fourth-order valence-electron chi connectivity index (χ4n) is 2.65. The number of carbonyl (C=O) groups excluding carboxylic acids is 2. The molecule has 0 N–H and O–H groups in total. The molecular formula is C10H10ClN3O2S. The molecule has 1 aliphatic heterocycles. The van der Waals surface area contributed by atoms with E-state index in [1.54, 1.807) is 0 Å². The predicted molar refractivity (Wildman–Crippen MR) is 61.3 cm³/mol. The van der Waals surface area contributed by atoms with Gasteiger partial charge in [0.15, 0.2) is 0 Å². The Morgan fingerprint density at radius 1 is 1.24 bits per heavy atom. The number of aromatic nitrogens is 2. The second-order valence-electron chi connectivity index (χ2n) is 4.36. The molecule has 1 saturated heterocycles. The van der Waals surface area contributed by atoms with Gasteiger partial charge in [0.05, 0.1) is 18.4 Å². The highest BCUT2D eigenvalue weighted by atomic mass is 35.5. The Morgan fingerprint density at radius 2 is 1.88 bits per heavy atom. The van der Waals surface area contributed by atoms with Crippen molar-refractivity contribution in [2.24, 2.45) is 11.8 Å². The van der Waals surface area contributed by atoms with E-state index in [0.717, 1.165) is 19.3 Å². The number of fused-ring (bicyclic) bond motifs is 1. The van der Waals surface area contributed by atoms with Crippen LogP contribution in [0.2, 0.25) is 4.47 Å². The molecule has 0 radical (unpaired) electrons. The zero-order valence-electron chi connectivity index (χ0n) is 8.93. The van der Waals surface area contributed by atoms with Crippen LogP contribution in [0.1, 0.15) is 24.3 Å². The normalized spacial score (nSPS) is 27.9. The lowest BCUT2D eigenvalue weighted by Gasteiger charge is -2.13. The van der Waals surface area contributed by atoms with E-state index in [1.807, 2.05) is 0 Å². The Bertz CT molecular complexity index is 468. The summed E-state index contributed by atoms with van der Waals surface area (Å²) in [4.78, 5) is 25.4. The fraction of sp³-hybridized carbons (Fsp3) is 0.600. The predicted octanol–water partition coefficient (Wildman–Crippen LogP) is 1.48. The summed E-state index contributed by atoms with van der Waals surface area (Å²) in [5.41, 5.74) is 0. The van der Waals surface area contributed by atoms with Gasteiger partial charge < -0.3 is 0 Å². The summed E-state index contributed by atoms with van der Waals surface area (Å²) in [5, 5.41) is 8.11. The molecule has 5 nitrogen and oxygen atoms in total. The number of rotatable bonds is 2. The van der Waals surface area contributed by atoms with Crippen LogP contribution >= 0.6 is 22.9 Å². The minimum Gasteiger partial charge on any atom is -0.275 e. The van der Waals surface area contributed by atoms with Crippen molar-refractivity contribution < 1.29 is 9.59 Å². The first-order chi connectivity index (χ1) is 8.16. The molecule has 1 aromatic heterocycles.